The number of para-hydroxylation sites is 1. The van der Waals surface area contributed by atoms with E-state index in [1.54, 1.807) is 36.7 Å². The highest BCUT2D eigenvalue weighted by Gasteiger charge is 2.38. The van der Waals surface area contributed by atoms with Crippen molar-refractivity contribution >= 4 is 53.3 Å². The first kappa shape index (κ1) is 32.4. The molecule has 0 saturated carbocycles. The van der Waals surface area contributed by atoms with Gasteiger partial charge in [-0.3, -0.25) is 19.4 Å². The summed E-state index contributed by atoms with van der Waals surface area (Å²) in [5.74, 6) is -0.342. The Morgan fingerprint density at radius 2 is 1.92 bits per heavy atom. The fourth-order valence-electron chi connectivity index (χ4n) is 4.52. The summed E-state index contributed by atoms with van der Waals surface area (Å²) in [6, 6.07) is 10.1. The van der Waals surface area contributed by atoms with Crippen molar-refractivity contribution in [2.24, 2.45) is 5.73 Å². The number of pyridine rings is 1. The van der Waals surface area contributed by atoms with Gasteiger partial charge in [0.1, 0.15) is 12.1 Å². The van der Waals surface area contributed by atoms with Crippen LogP contribution in [0.3, 0.4) is 0 Å². The molecule has 2 aromatic rings. The van der Waals surface area contributed by atoms with Crippen LogP contribution < -0.4 is 26.2 Å². The molecule has 0 saturated heterocycles. The number of halogens is 1. The summed E-state index contributed by atoms with van der Waals surface area (Å²) in [6.07, 6.45) is 4.43. The van der Waals surface area contributed by atoms with E-state index in [4.69, 9.17) is 5.73 Å². The lowest BCUT2D eigenvalue weighted by atomic mass is 9.94. The molecule has 3 rings (SSSR count). The lowest BCUT2D eigenvalue weighted by Gasteiger charge is -2.38. The second kappa shape index (κ2) is 14.5. The summed E-state index contributed by atoms with van der Waals surface area (Å²) in [6.45, 7) is 9.24. The summed E-state index contributed by atoms with van der Waals surface area (Å²) >= 11 is 1.58. The number of nitrogens with two attached hydrogens (primary N) is 1. The van der Waals surface area contributed by atoms with Crippen molar-refractivity contribution in [3.8, 4) is 0 Å². The first-order valence-corrected chi connectivity index (χ1v) is 14.5. The number of hydrogen-bond donors (Lipinski definition) is 3. The monoisotopic (exact) mass is 576 g/mol. The van der Waals surface area contributed by atoms with Gasteiger partial charge in [0.25, 0.3) is 0 Å². The van der Waals surface area contributed by atoms with E-state index in [9.17, 15) is 14.4 Å². The number of rotatable bonds is 12. The maximum Gasteiger partial charge on any atom is 0.250 e. The van der Waals surface area contributed by atoms with Crippen LogP contribution in [0.25, 0.3) is 0 Å². The smallest absolute Gasteiger partial charge is 0.250 e. The molecule has 1 aliphatic heterocycles. The van der Waals surface area contributed by atoms with E-state index < -0.39 is 29.4 Å². The summed E-state index contributed by atoms with van der Waals surface area (Å²) in [5, 5.41) is 5.71. The van der Waals surface area contributed by atoms with Crippen LogP contribution in [0.5, 0.6) is 0 Å². The standard InChI is InChI=1S/C28H40N6O3S.ClH/c1-6-33(7-2)23-13-10-11-19-17-22(26(36)34(24(19)23)18-20-12-8-9-15-30-20)31-25(35)21(14-16-38-5)32-27(37)28(3,4)29;/h8-13,15,21-22H,6-7,14,16-18,29H2,1-5H3,(H,31,35)(H,32,37);1H/t21-,22?;/m1./s1. The molecule has 214 valence electrons. The SMILES string of the molecule is CCN(CC)c1cccc2c1N(Cc1ccccn1)C(=O)C(NC(=O)[C@@H](CCSC)NC(=O)C(C)(C)N)C2.Cl. The van der Waals surface area contributed by atoms with E-state index in [0.29, 0.717) is 18.6 Å². The van der Waals surface area contributed by atoms with Gasteiger partial charge in [0.2, 0.25) is 17.7 Å². The molecule has 9 nitrogen and oxygen atoms in total. The van der Waals surface area contributed by atoms with Crippen LogP contribution in [0.1, 0.15) is 45.4 Å². The number of hydrogen-bond acceptors (Lipinski definition) is 7. The minimum atomic E-state index is -1.13. The zero-order chi connectivity index (χ0) is 27.9. The molecule has 1 unspecified atom stereocenters. The number of fused-ring (bicyclic) bond motifs is 1. The number of nitrogens with zero attached hydrogens (tertiary/aromatic N) is 3. The Morgan fingerprint density at radius 1 is 1.21 bits per heavy atom. The van der Waals surface area contributed by atoms with Gasteiger partial charge in [-0.2, -0.15) is 11.8 Å². The van der Waals surface area contributed by atoms with Crippen LogP contribution in [-0.4, -0.2) is 65.4 Å². The number of carbonyl (C=O) groups is 3. The minimum Gasteiger partial charge on any atom is -0.370 e. The van der Waals surface area contributed by atoms with Gasteiger partial charge in [-0.15, -0.1) is 12.4 Å². The summed E-state index contributed by atoms with van der Waals surface area (Å²) in [7, 11) is 0. The van der Waals surface area contributed by atoms with Gasteiger partial charge in [-0.1, -0.05) is 18.2 Å². The molecule has 0 bridgehead atoms. The van der Waals surface area contributed by atoms with E-state index in [0.717, 1.165) is 35.7 Å². The molecule has 1 aromatic carbocycles. The van der Waals surface area contributed by atoms with Crippen molar-refractivity contribution in [1.29, 1.82) is 0 Å². The molecule has 11 heteroatoms. The van der Waals surface area contributed by atoms with Crippen molar-refractivity contribution < 1.29 is 14.4 Å². The van der Waals surface area contributed by atoms with Gasteiger partial charge < -0.3 is 26.2 Å². The molecule has 1 aromatic heterocycles. The van der Waals surface area contributed by atoms with Gasteiger partial charge in [-0.05, 0) is 69.9 Å². The zero-order valence-electron chi connectivity index (χ0n) is 23.4. The van der Waals surface area contributed by atoms with E-state index in [2.05, 4.69) is 34.4 Å². The molecule has 2 heterocycles. The van der Waals surface area contributed by atoms with Crippen LogP contribution in [0.2, 0.25) is 0 Å². The van der Waals surface area contributed by atoms with E-state index in [1.165, 1.54) is 0 Å². The zero-order valence-corrected chi connectivity index (χ0v) is 25.0. The highest BCUT2D eigenvalue weighted by molar-refractivity contribution is 7.98. The number of aromatic nitrogens is 1. The predicted molar refractivity (Wildman–Crippen MR) is 162 cm³/mol. The van der Waals surface area contributed by atoms with Gasteiger partial charge in [0, 0.05) is 25.7 Å². The fraction of sp³-hybridized carbons (Fsp3) is 0.500. The fourth-order valence-corrected chi connectivity index (χ4v) is 4.99. The number of anilines is 2. The molecule has 0 fully saturated rings. The molecular weight excluding hydrogens is 536 g/mol. The Labute approximate surface area is 242 Å². The number of benzene rings is 1. The Hall–Kier alpha value is -2.82. The first-order chi connectivity index (χ1) is 18.1. The average molecular weight is 577 g/mol. The van der Waals surface area contributed by atoms with Crippen LogP contribution >= 0.6 is 24.2 Å². The largest absolute Gasteiger partial charge is 0.370 e. The molecule has 0 radical (unpaired) electrons. The van der Waals surface area contributed by atoms with E-state index >= 15 is 0 Å². The third kappa shape index (κ3) is 8.09. The minimum absolute atomic E-state index is 0. The predicted octanol–water partition coefficient (Wildman–Crippen LogP) is 2.90. The van der Waals surface area contributed by atoms with Crippen LogP contribution in [0, 0.1) is 0 Å². The van der Waals surface area contributed by atoms with Crippen molar-refractivity contribution in [2.45, 2.75) is 64.7 Å². The lowest BCUT2D eigenvalue weighted by molar-refractivity contribution is -0.133. The topological polar surface area (TPSA) is 121 Å². The molecule has 39 heavy (non-hydrogen) atoms. The molecule has 1 aliphatic rings. The Balaban J connectivity index is 0.00000533. The van der Waals surface area contributed by atoms with Crippen molar-refractivity contribution in [3.63, 3.8) is 0 Å². The highest BCUT2D eigenvalue weighted by atomic mass is 35.5. The molecular formula is C28H41ClN6O3S. The van der Waals surface area contributed by atoms with E-state index in [-0.39, 0.29) is 24.9 Å². The quantitative estimate of drug-likeness (QED) is 0.355. The van der Waals surface area contributed by atoms with E-state index in [1.807, 2.05) is 42.7 Å². The van der Waals surface area contributed by atoms with Crippen LogP contribution in [-0.2, 0) is 27.3 Å². The van der Waals surface area contributed by atoms with Crippen LogP contribution in [0.15, 0.2) is 42.6 Å². The molecule has 0 aliphatic carbocycles. The highest BCUT2D eigenvalue weighted by Crippen LogP contribution is 2.38. The number of nitrogens with one attached hydrogen (secondary N) is 2. The second-order valence-electron chi connectivity index (χ2n) is 10.00. The molecule has 2 atom stereocenters. The van der Waals surface area contributed by atoms with Gasteiger partial charge in [0.05, 0.1) is 29.2 Å². The molecule has 0 spiro atoms. The average Bonchev–Trinajstić information content (AvgIpc) is 2.89. The Kier molecular flexibility index (Phi) is 12.1. The summed E-state index contributed by atoms with van der Waals surface area (Å²) in [5.41, 5.74) is 8.39. The lowest BCUT2D eigenvalue weighted by Crippen LogP contribution is -2.59. The first-order valence-electron chi connectivity index (χ1n) is 13.1. The number of thioether (sulfide) groups is 1. The number of amides is 3. The maximum absolute atomic E-state index is 14.0. The second-order valence-corrected chi connectivity index (χ2v) is 11.0. The van der Waals surface area contributed by atoms with Crippen molar-refractivity contribution in [1.82, 2.24) is 15.6 Å². The molecule has 4 N–H and O–H groups in total. The van der Waals surface area contributed by atoms with Crippen molar-refractivity contribution in [2.75, 3.05) is 34.9 Å². The van der Waals surface area contributed by atoms with Gasteiger partial charge in [0.15, 0.2) is 0 Å². The Morgan fingerprint density at radius 3 is 2.51 bits per heavy atom. The normalized spacial score (nSPS) is 15.6. The molecule has 3 amide bonds. The third-order valence-corrected chi connectivity index (χ3v) is 7.28. The number of carbonyl (C=O) groups excluding carboxylic acids is 3. The Bertz CT molecular complexity index is 1120. The van der Waals surface area contributed by atoms with Crippen molar-refractivity contribution in [3.05, 3.63) is 53.9 Å². The summed E-state index contributed by atoms with van der Waals surface area (Å²) in [4.78, 5) is 48.3. The third-order valence-electron chi connectivity index (χ3n) is 6.64. The van der Waals surface area contributed by atoms with Gasteiger partial charge in [-0.25, -0.2) is 0 Å². The summed E-state index contributed by atoms with van der Waals surface area (Å²) < 4.78 is 0. The van der Waals surface area contributed by atoms with Gasteiger partial charge >= 0.3 is 0 Å². The van der Waals surface area contributed by atoms with Crippen LogP contribution in [0.4, 0.5) is 11.4 Å². The maximum atomic E-state index is 14.0.